The van der Waals surface area contributed by atoms with E-state index >= 15 is 0 Å². The van der Waals surface area contributed by atoms with Gasteiger partial charge in [0.2, 0.25) is 0 Å². The quantitative estimate of drug-likeness (QED) is 0.0892. The zero-order valence-corrected chi connectivity index (χ0v) is 77.6. The first-order chi connectivity index (χ1) is 70.4. The van der Waals surface area contributed by atoms with Crippen molar-refractivity contribution in [2.75, 3.05) is 29.4 Å². The molecule has 0 amide bonds. The van der Waals surface area contributed by atoms with Crippen LogP contribution < -0.4 is 29.4 Å². The lowest BCUT2D eigenvalue weighted by atomic mass is 9.64. The molecule has 0 saturated heterocycles. The van der Waals surface area contributed by atoms with E-state index in [-0.39, 0.29) is 0 Å². The summed E-state index contributed by atoms with van der Waals surface area (Å²) in [5.74, 6) is 0. The minimum absolute atomic E-state index is 0.807. The first kappa shape index (κ1) is 81.7. The first-order valence-corrected chi connectivity index (χ1v) is 49.1. The molecule has 24 aromatic rings. The zero-order valence-electron chi connectivity index (χ0n) is 77.6. The summed E-state index contributed by atoms with van der Waals surface area (Å²) >= 11 is 0. The van der Waals surface area contributed by atoms with Gasteiger partial charge in [-0.3, -0.25) is 0 Å². The molecule has 2 heterocycles. The Balaban J connectivity index is 0.589. The standard InChI is InChI=1S/C136H90N6/c1-8-36-91(37-9-1)92-66-70-105(71-67-92)137(99-39-10-2-11-40-99)107-73-78-115-116-79-74-108(88-126(116)135(125(115)87-107)121-56-28-32-60-129(121)141(103-47-18-6-19-48-103)130-61-33-29-57-122(130)135)138(100-41-12-3-13-42-100)106-72-68-93-64-65-94(82-97(93)84-106)95-69-77-112-98(83-95)86-134(120-55-27-25-53-114(112)120)140(102-45-16-5-17-46-102)110-76-81-118-117-80-75-109(139(101-43-14-4-15-44-101)133-85-96-38-22-23-51-111(96)113-52-24-26-54-119(113)133)89-127(117)136(128(118)90-110)123-58-30-34-62-131(123)142(104-49-20-7-21-50-104)132-63-35-31-59-124(132)136/h1-90H. The Morgan fingerprint density at radius 2 is 0.415 bits per heavy atom. The van der Waals surface area contributed by atoms with Gasteiger partial charge in [-0.05, 0) is 326 Å². The first-order valence-electron chi connectivity index (χ1n) is 49.1. The number of fused-ring (bicyclic) bond motifs is 25. The van der Waals surface area contributed by atoms with E-state index in [0.29, 0.717) is 0 Å². The highest BCUT2D eigenvalue weighted by atomic mass is 15.2. The lowest BCUT2D eigenvalue weighted by molar-refractivity contribution is 0.752. The molecule has 0 unspecified atom stereocenters. The summed E-state index contributed by atoms with van der Waals surface area (Å²) in [6.07, 6.45) is 0. The monoisotopic (exact) mass is 1810 g/mol. The average molecular weight is 1810 g/mol. The molecule has 2 aliphatic heterocycles. The number of nitrogens with zero attached hydrogens (tertiary/aromatic N) is 6. The number of benzene rings is 24. The van der Waals surface area contributed by atoms with Gasteiger partial charge < -0.3 is 29.4 Å². The van der Waals surface area contributed by atoms with Gasteiger partial charge in [-0.15, -0.1) is 0 Å². The van der Waals surface area contributed by atoms with E-state index in [1.165, 1.54) is 110 Å². The van der Waals surface area contributed by atoms with Crippen LogP contribution in [0.4, 0.5) is 102 Å². The van der Waals surface area contributed by atoms with Crippen LogP contribution in [0, 0.1) is 0 Å². The highest BCUT2D eigenvalue weighted by Crippen LogP contribution is 2.68. The van der Waals surface area contributed by atoms with E-state index < -0.39 is 10.8 Å². The minimum atomic E-state index is -0.843. The molecule has 0 bridgehead atoms. The third-order valence-electron chi connectivity index (χ3n) is 30.2. The number of hydrogen-bond acceptors (Lipinski definition) is 6. The smallest absolute Gasteiger partial charge is 0.0755 e. The summed E-state index contributed by atoms with van der Waals surface area (Å²) in [6.45, 7) is 0. The van der Waals surface area contributed by atoms with Crippen LogP contribution in [0.5, 0.6) is 0 Å². The van der Waals surface area contributed by atoms with Gasteiger partial charge >= 0.3 is 0 Å². The van der Waals surface area contributed by atoms with E-state index in [0.717, 1.165) is 135 Å². The molecule has 24 aromatic carbocycles. The van der Waals surface area contributed by atoms with Crippen molar-refractivity contribution in [3.63, 3.8) is 0 Å². The Kier molecular flexibility index (Phi) is 19.0. The third-order valence-corrected chi connectivity index (χ3v) is 30.2. The molecule has 6 heteroatoms. The Morgan fingerprint density at radius 3 is 0.845 bits per heavy atom. The Labute approximate surface area is 825 Å². The SMILES string of the molecule is c1ccc(-c2ccc(N(c3ccccc3)c3ccc4c(c3)C3(c5cc(N(c6ccccc6)c6ccc7ccc(-c8ccc9c(c8)cc(N(c8ccccc8)c8ccc%10c(c8)C8(c%11cc(N(c%12ccccc%12)c%12cc%13ccccc%13c%13ccccc%12%13)ccc%11-%10)c%10ccccc%10N(c%10ccccc%10)c%10ccccc%108)c8ccccc89)cc7c6)ccc5-4)c4ccccc4N(c4ccccc4)c4ccccc43)cc2)cc1. The predicted molar refractivity (Wildman–Crippen MR) is 595 cm³/mol. The summed E-state index contributed by atoms with van der Waals surface area (Å²) in [4.78, 5) is 14.9. The maximum Gasteiger partial charge on any atom is 0.0755 e. The molecule has 142 heavy (non-hydrogen) atoms. The minimum Gasteiger partial charge on any atom is -0.310 e. The topological polar surface area (TPSA) is 19.4 Å². The van der Waals surface area contributed by atoms with Gasteiger partial charge in [0.05, 0.1) is 45.0 Å². The highest BCUT2D eigenvalue weighted by molar-refractivity contribution is 6.17. The molecule has 0 radical (unpaired) electrons. The van der Waals surface area contributed by atoms with Gasteiger partial charge in [0.15, 0.2) is 0 Å². The molecule has 0 aromatic heterocycles. The molecule has 664 valence electrons. The second-order valence-electron chi connectivity index (χ2n) is 37.7. The van der Waals surface area contributed by atoms with Crippen molar-refractivity contribution in [1.29, 1.82) is 0 Å². The van der Waals surface area contributed by atoms with Crippen LogP contribution in [0.1, 0.15) is 44.5 Å². The number of anilines is 18. The fourth-order valence-electron chi connectivity index (χ4n) is 24.2. The lowest BCUT2D eigenvalue weighted by Crippen LogP contribution is -2.36. The van der Waals surface area contributed by atoms with Gasteiger partial charge in [0.25, 0.3) is 0 Å². The van der Waals surface area contributed by atoms with Crippen LogP contribution in [0.15, 0.2) is 546 Å². The van der Waals surface area contributed by atoms with E-state index in [1.807, 2.05) is 0 Å². The molecule has 4 aliphatic rings. The van der Waals surface area contributed by atoms with Gasteiger partial charge in [-0.1, -0.05) is 352 Å². The third kappa shape index (κ3) is 12.8. The molecular formula is C136H90N6. The summed E-state index contributed by atoms with van der Waals surface area (Å²) in [6, 6.07) is 204. The van der Waals surface area contributed by atoms with Crippen LogP contribution in [-0.2, 0) is 10.8 Å². The van der Waals surface area contributed by atoms with E-state index in [9.17, 15) is 0 Å². The van der Waals surface area contributed by atoms with E-state index in [4.69, 9.17) is 0 Å². The molecule has 0 fully saturated rings. The number of para-hydroxylation sites is 10. The molecule has 0 saturated carbocycles. The summed E-state index contributed by atoms with van der Waals surface area (Å²) in [5, 5.41) is 11.8. The van der Waals surface area contributed by atoms with Crippen molar-refractivity contribution in [1.82, 2.24) is 0 Å². The molecule has 28 rings (SSSR count). The summed E-state index contributed by atoms with van der Waals surface area (Å²) < 4.78 is 0. The van der Waals surface area contributed by atoms with Crippen LogP contribution in [0.25, 0.3) is 98.4 Å². The van der Waals surface area contributed by atoms with Gasteiger partial charge in [-0.25, -0.2) is 0 Å². The fraction of sp³-hybridized carbons (Fsp3) is 0.0147. The van der Waals surface area contributed by atoms with Gasteiger partial charge in [0.1, 0.15) is 0 Å². The highest BCUT2D eigenvalue weighted by Gasteiger charge is 2.55. The second-order valence-corrected chi connectivity index (χ2v) is 37.7. The van der Waals surface area contributed by atoms with Crippen LogP contribution in [-0.4, -0.2) is 0 Å². The maximum atomic E-state index is 2.55. The zero-order chi connectivity index (χ0) is 93.5. The maximum absolute atomic E-state index is 2.55. The summed E-state index contributed by atoms with van der Waals surface area (Å²) in [5.41, 5.74) is 37.0. The van der Waals surface area contributed by atoms with Crippen molar-refractivity contribution in [3.8, 4) is 44.5 Å². The Morgan fingerprint density at radius 1 is 0.141 bits per heavy atom. The van der Waals surface area contributed by atoms with E-state index in [1.54, 1.807) is 0 Å². The molecule has 0 atom stereocenters. The van der Waals surface area contributed by atoms with E-state index in [2.05, 4.69) is 575 Å². The molecule has 2 spiro atoms. The average Bonchev–Trinajstić information content (AvgIpc) is 1.50. The molecule has 0 N–H and O–H groups in total. The van der Waals surface area contributed by atoms with Crippen molar-refractivity contribution in [2.24, 2.45) is 0 Å². The molecular weight excluding hydrogens is 1720 g/mol. The lowest BCUT2D eigenvalue weighted by Gasteiger charge is -2.45. The molecule has 6 nitrogen and oxygen atoms in total. The predicted octanol–water partition coefficient (Wildman–Crippen LogP) is 37.0. The summed E-state index contributed by atoms with van der Waals surface area (Å²) in [7, 11) is 0. The Hall–Kier alpha value is -18.6. The normalized spacial score (nSPS) is 13.0. The fourth-order valence-corrected chi connectivity index (χ4v) is 24.2. The largest absolute Gasteiger partial charge is 0.310 e. The van der Waals surface area contributed by atoms with Crippen molar-refractivity contribution in [3.05, 3.63) is 590 Å². The van der Waals surface area contributed by atoms with Crippen LogP contribution >= 0.6 is 0 Å². The molecule has 2 aliphatic carbocycles. The van der Waals surface area contributed by atoms with Gasteiger partial charge in [-0.2, -0.15) is 0 Å². The Bertz CT molecular complexity index is 9030. The van der Waals surface area contributed by atoms with Crippen LogP contribution in [0.3, 0.4) is 0 Å². The van der Waals surface area contributed by atoms with Gasteiger partial charge in [0, 0.05) is 79.0 Å². The number of hydrogen-bond donors (Lipinski definition) is 0. The number of rotatable bonds is 16. The van der Waals surface area contributed by atoms with Crippen molar-refractivity contribution >= 4 is 156 Å². The van der Waals surface area contributed by atoms with Crippen molar-refractivity contribution in [2.45, 2.75) is 10.8 Å². The second kappa shape index (κ2) is 33.1. The van der Waals surface area contributed by atoms with Crippen LogP contribution in [0.2, 0.25) is 0 Å². The van der Waals surface area contributed by atoms with Crippen molar-refractivity contribution < 1.29 is 0 Å².